The minimum absolute atomic E-state index is 0.0311. The van der Waals surface area contributed by atoms with Gasteiger partial charge in [-0.2, -0.15) is 4.98 Å². The van der Waals surface area contributed by atoms with Crippen molar-refractivity contribution in [2.45, 2.75) is 64.0 Å². The zero-order valence-electron chi connectivity index (χ0n) is 20.3. The van der Waals surface area contributed by atoms with Gasteiger partial charge in [0.1, 0.15) is 23.6 Å². The summed E-state index contributed by atoms with van der Waals surface area (Å²) in [5, 5.41) is 11.8. The van der Waals surface area contributed by atoms with Gasteiger partial charge in [-0.25, -0.2) is 19.6 Å². The van der Waals surface area contributed by atoms with Crippen LogP contribution in [0.3, 0.4) is 0 Å². The monoisotopic (exact) mass is 478 g/mol. The molecule has 2 saturated carbocycles. The Balaban J connectivity index is 1.28. The molecule has 3 aromatic heterocycles. The predicted octanol–water partition coefficient (Wildman–Crippen LogP) is 2.97. The van der Waals surface area contributed by atoms with Crippen LogP contribution in [0, 0.1) is 12.8 Å². The average molecular weight is 479 g/mol. The molecular formula is C24H30N8O3. The minimum Gasteiger partial charge on any atom is -0.489 e. The van der Waals surface area contributed by atoms with Crippen molar-refractivity contribution in [2.24, 2.45) is 13.0 Å². The van der Waals surface area contributed by atoms with Crippen LogP contribution in [0.2, 0.25) is 0 Å². The number of anilines is 1. The highest BCUT2D eigenvalue weighted by molar-refractivity contribution is 5.72. The van der Waals surface area contributed by atoms with Gasteiger partial charge < -0.3 is 14.8 Å². The van der Waals surface area contributed by atoms with Crippen molar-refractivity contribution in [2.75, 3.05) is 12.4 Å². The molecule has 2 fully saturated rings. The Labute approximate surface area is 203 Å². The van der Waals surface area contributed by atoms with Crippen LogP contribution in [0.5, 0.6) is 5.75 Å². The molecule has 1 N–H and O–H groups in total. The van der Waals surface area contributed by atoms with Gasteiger partial charge in [-0.05, 0) is 57.6 Å². The Morgan fingerprint density at radius 3 is 2.80 bits per heavy atom. The third kappa shape index (κ3) is 5.23. The molecule has 0 radical (unpaired) electrons. The van der Waals surface area contributed by atoms with E-state index in [2.05, 4.69) is 30.6 Å². The maximum Gasteiger partial charge on any atom is 0.308 e. The number of nitrogens with one attached hydrogen (secondary N) is 1. The minimum atomic E-state index is -0.159. The summed E-state index contributed by atoms with van der Waals surface area (Å²) in [6.45, 7) is 2.36. The van der Waals surface area contributed by atoms with Crippen LogP contribution in [0.15, 0.2) is 18.5 Å². The summed E-state index contributed by atoms with van der Waals surface area (Å²) in [5.74, 6) is 2.29. The molecule has 184 valence electrons. The van der Waals surface area contributed by atoms with E-state index in [1.165, 1.54) is 7.11 Å². The Morgan fingerprint density at radius 2 is 2.03 bits per heavy atom. The van der Waals surface area contributed by atoms with E-state index in [1.807, 2.05) is 26.1 Å². The lowest BCUT2D eigenvalue weighted by Crippen LogP contribution is -2.30. The van der Waals surface area contributed by atoms with Crippen molar-refractivity contribution in [3.8, 4) is 17.1 Å². The number of aryl methyl sites for hydroxylation is 2. The molecule has 0 bridgehead atoms. The van der Waals surface area contributed by atoms with Crippen molar-refractivity contribution in [1.29, 1.82) is 0 Å². The van der Waals surface area contributed by atoms with E-state index in [1.54, 1.807) is 11.0 Å². The largest absolute Gasteiger partial charge is 0.489 e. The summed E-state index contributed by atoms with van der Waals surface area (Å²) < 4.78 is 12.9. The number of nitrogens with zero attached hydrogens (tertiary/aromatic N) is 7. The Kier molecular flexibility index (Phi) is 6.56. The fourth-order valence-corrected chi connectivity index (χ4v) is 4.49. The van der Waals surface area contributed by atoms with Crippen LogP contribution >= 0.6 is 0 Å². The fraction of sp³-hybridized carbons (Fsp3) is 0.542. The number of aromatic nitrogens is 7. The molecule has 3 heterocycles. The summed E-state index contributed by atoms with van der Waals surface area (Å²) in [7, 11) is 3.28. The number of pyridine rings is 1. The third-order valence-electron chi connectivity index (χ3n) is 6.62. The standard InChI is InChI=1S/C24H30N8O3/c1-14-20(35-17-6-4-5-16(11-17)23(33)34-3)10-9-18(28-14)21-19(32(2)31-30-21)12-25-24-27-13-26-22(29-24)15-7-8-15/h9-10,13,15-17H,4-8,11-12H2,1-3H3,(H,25,26,27,29)/t16-,17-/m0/s1. The number of carbonyl (C=O) groups is 1. The second-order valence-electron chi connectivity index (χ2n) is 9.21. The van der Waals surface area contributed by atoms with Crippen molar-refractivity contribution >= 4 is 11.9 Å². The van der Waals surface area contributed by atoms with Crippen LogP contribution in [0.25, 0.3) is 11.4 Å². The van der Waals surface area contributed by atoms with Gasteiger partial charge in [0, 0.05) is 13.0 Å². The first kappa shape index (κ1) is 23.1. The molecule has 2 aliphatic rings. The molecule has 11 heteroatoms. The SMILES string of the molecule is COC(=O)[C@H]1CCC[C@H](Oc2ccc(-c3nnn(C)c3CNc3ncnc(C4CC4)n3)nc2C)C1. The fourth-order valence-electron chi connectivity index (χ4n) is 4.49. The second-order valence-corrected chi connectivity index (χ2v) is 9.21. The van der Waals surface area contributed by atoms with E-state index >= 15 is 0 Å². The first-order valence-corrected chi connectivity index (χ1v) is 12.1. The lowest BCUT2D eigenvalue weighted by atomic mass is 9.87. The number of carbonyl (C=O) groups excluding carboxylic acids is 1. The zero-order valence-corrected chi connectivity index (χ0v) is 20.3. The molecule has 2 atom stereocenters. The van der Waals surface area contributed by atoms with Crippen LogP contribution in [-0.2, 0) is 23.1 Å². The van der Waals surface area contributed by atoms with E-state index in [9.17, 15) is 4.79 Å². The van der Waals surface area contributed by atoms with E-state index in [0.717, 1.165) is 49.3 Å². The van der Waals surface area contributed by atoms with Crippen molar-refractivity contribution in [1.82, 2.24) is 34.9 Å². The Hall–Kier alpha value is -3.63. The Bertz CT molecular complexity index is 1210. The molecule has 0 saturated heterocycles. The van der Waals surface area contributed by atoms with Gasteiger partial charge >= 0.3 is 5.97 Å². The number of ether oxygens (including phenoxy) is 2. The predicted molar refractivity (Wildman–Crippen MR) is 126 cm³/mol. The molecular weight excluding hydrogens is 448 g/mol. The summed E-state index contributed by atoms with van der Waals surface area (Å²) in [6.07, 6.45) is 7.15. The highest BCUT2D eigenvalue weighted by Crippen LogP contribution is 2.38. The zero-order chi connectivity index (χ0) is 24.4. The second kappa shape index (κ2) is 9.93. The molecule has 2 aliphatic carbocycles. The van der Waals surface area contributed by atoms with Crippen molar-refractivity contribution in [3.05, 3.63) is 35.7 Å². The van der Waals surface area contributed by atoms with E-state index < -0.39 is 0 Å². The van der Waals surface area contributed by atoms with E-state index in [-0.39, 0.29) is 18.0 Å². The maximum absolute atomic E-state index is 11.9. The average Bonchev–Trinajstić information content (AvgIpc) is 3.67. The van der Waals surface area contributed by atoms with Gasteiger partial charge in [0.2, 0.25) is 5.95 Å². The molecule has 3 aromatic rings. The first-order chi connectivity index (χ1) is 17.0. The normalized spacial score (nSPS) is 19.9. The van der Waals surface area contributed by atoms with Gasteiger partial charge in [-0.1, -0.05) is 5.21 Å². The molecule has 0 amide bonds. The lowest BCUT2D eigenvalue weighted by molar-refractivity contribution is -0.147. The maximum atomic E-state index is 11.9. The van der Waals surface area contributed by atoms with Crippen molar-refractivity contribution < 1.29 is 14.3 Å². The van der Waals surface area contributed by atoms with Gasteiger partial charge in [-0.15, -0.1) is 5.10 Å². The number of esters is 1. The summed E-state index contributed by atoms with van der Waals surface area (Å²) in [4.78, 5) is 29.7. The molecule has 5 rings (SSSR count). The summed E-state index contributed by atoms with van der Waals surface area (Å²) >= 11 is 0. The highest BCUT2D eigenvalue weighted by Gasteiger charge is 2.30. The molecule has 0 unspecified atom stereocenters. The third-order valence-corrected chi connectivity index (χ3v) is 6.62. The van der Waals surface area contributed by atoms with Crippen LogP contribution < -0.4 is 10.1 Å². The lowest BCUT2D eigenvalue weighted by Gasteiger charge is -2.28. The Morgan fingerprint density at radius 1 is 1.17 bits per heavy atom. The first-order valence-electron chi connectivity index (χ1n) is 12.1. The van der Waals surface area contributed by atoms with Crippen LogP contribution in [-0.4, -0.2) is 54.1 Å². The molecule has 35 heavy (non-hydrogen) atoms. The summed E-state index contributed by atoms with van der Waals surface area (Å²) in [6, 6.07) is 3.81. The molecule has 0 spiro atoms. The van der Waals surface area contributed by atoms with Gasteiger partial charge in [0.15, 0.2) is 0 Å². The molecule has 0 aliphatic heterocycles. The number of hydrogen-bond acceptors (Lipinski definition) is 10. The van der Waals surface area contributed by atoms with Gasteiger partial charge in [0.05, 0.1) is 42.8 Å². The highest BCUT2D eigenvalue weighted by atomic mass is 16.5. The van der Waals surface area contributed by atoms with Gasteiger partial charge in [0.25, 0.3) is 0 Å². The quantitative estimate of drug-likeness (QED) is 0.482. The van der Waals surface area contributed by atoms with Crippen molar-refractivity contribution in [3.63, 3.8) is 0 Å². The van der Waals surface area contributed by atoms with E-state index in [0.29, 0.717) is 42.0 Å². The van der Waals surface area contributed by atoms with Crippen LogP contribution in [0.4, 0.5) is 5.95 Å². The number of hydrogen-bond donors (Lipinski definition) is 1. The summed E-state index contributed by atoms with van der Waals surface area (Å²) in [5.41, 5.74) is 3.03. The molecule has 11 nitrogen and oxygen atoms in total. The van der Waals surface area contributed by atoms with Crippen LogP contribution in [0.1, 0.15) is 61.7 Å². The smallest absolute Gasteiger partial charge is 0.308 e. The van der Waals surface area contributed by atoms with E-state index in [4.69, 9.17) is 14.5 Å². The van der Waals surface area contributed by atoms with Gasteiger partial charge in [-0.3, -0.25) is 4.79 Å². The number of methoxy groups -OCH3 is 1. The molecule has 0 aromatic carbocycles. The topological polar surface area (TPSA) is 130 Å². The number of rotatable bonds is 8.